The molecule has 2 atom stereocenters. The van der Waals surface area contributed by atoms with E-state index in [1.54, 1.807) is 0 Å². The van der Waals surface area contributed by atoms with E-state index < -0.39 is 0 Å². The Hall–Kier alpha value is -0.260. The summed E-state index contributed by atoms with van der Waals surface area (Å²) in [6.07, 6.45) is 12.0. The Bertz CT molecular complexity index is 172. The fourth-order valence-electron chi connectivity index (χ4n) is 2.45. The molecular formula is C11H18. The maximum atomic E-state index is 2.48. The van der Waals surface area contributed by atoms with E-state index in [1.165, 1.54) is 32.1 Å². The molecule has 0 nitrogen and oxygen atoms in total. The molecule has 62 valence electrons. The van der Waals surface area contributed by atoms with E-state index in [1.807, 2.05) is 0 Å². The van der Waals surface area contributed by atoms with Crippen molar-refractivity contribution in [1.29, 1.82) is 0 Å². The second-order valence-corrected chi connectivity index (χ2v) is 4.99. The molecule has 0 amide bonds. The lowest BCUT2D eigenvalue weighted by Crippen LogP contribution is -2.20. The molecule has 0 aromatic rings. The molecule has 0 aromatic carbocycles. The first-order chi connectivity index (χ1) is 5.12. The lowest BCUT2D eigenvalue weighted by atomic mass is 9.73. The second-order valence-electron chi connectivity index (χ2n) is 4.99. The molecule has 1 saturated carbocycles. The molecule has 0 heterocycles. The van der Waals surface area contributed by atoms with Gasteiger partial charge in [0.25, 0.3) is 0 Å². The summed E-state index contributed by atoms with van der Waals surface area (Å²) in [5, 5.41) is 0. The van der Waals surface area contributed by atoms with E-state index in [-0.39, 0.29) is 0 Å². The number of allylic oxidation sites excluding steroid dienone is 2. The second kappa shape index (κ2) is 2.12. The van der Waals surface area contributed by atoms with E-state index in [2.05, 4.69) is 26.0 Å². The van der Waals surface area contributed by atoms with Crippen LogP contribution in [0.4, 0.5) is 0 Å². The van der Waals surface area contributed by atoms with Crippen LogP contribution in [0.15, 0.2) is 12.2 Å². The Morgan fingerprint density at radius 3 is 1.64 bits per heavy atom. The zero-order valence-electron chi connectivity index (χ0n) is 7.69. The van der Waals surface area contributed by atoms with Gasteiger partial charge >= 0.3 is 0 Å². The zero-order chi connectivity index (χ0) is 7.95. The summed E-state index contributed by atoms with van der Waals surface area (Å²) >= 11 is 0. The summed E-state index contributed by atoms with van der Waals surface area (Å²) in [4.78, 5) is 0. The first-order valence-electron chi connectivity index (χ1n) is 4.82. The van der Waals surface area contributed by atoms with E-state index >= 15 is 0 Å². The van der Waals surface area contributed by atoms with Crippen LogP contribution in [0.3, 0.4) is 0 Å². The Kier molecular flexibility index (Phi) is 1.42. The van der Waals surface area contributed by atoms with Gasteiger partial charge in [-0.25, -0.2) is 0 Å². The van der Waals surface area contributed by atoms with E-state index in [9.17, 15) is 0 Å². The van der Waals surface area contributed by atoms with Crippen LogP contribution in [0.5, 0.6) is 0 Å². The van der Waals surface area contributed by atoms with Crippen LogP contribution in [0.25, 0.3) is 0 Å². The lowest BCUT2D eigenvalue weighted by Gasteiger charge is -2.32. The molecule has 0 aliphatic heterocycles. The van der Waals surface area contributed by atoms with Gasteiger partial charge in [0, 0.05) is 0 Å². The Labute approximate surface area is 69.7 Å². The van der Waals surface area contributed by atoms with Crippen LogP contribution >= 0.6 is 0 Å². The molecule has 0 heteroatoms. The Morgan fingerprint density at radius 1 is 0.818 bits per heavy atom. The van der Waals surface area contributed by atoms with Crippen LogP contribution < -0.4 is 0 Å². The minimum atomic E-state index is 0.565. The van der Waals surface area contributed by atoms with Crippen LogP contribution in [-0.4, -0.2) is 0 Å². The number of rotatable bonds is 0. The van der Waals surface area contributed by atoms with Crippen LogP contribution in [0, 0.1) is 10.8 Å². The minimum Gasteiger partial charge on any atom is -0.0820 e. The molecule has 11 heavy (non-hydrogen) atoms. The molecular weight excluding hydrogens is 132 g/mol. The molecule has 1 fully saturated rings. The van der Waals surface area contributed by atoms with Crippen molar-refractivity contribution >= 4 is 0 Å². The smallest absolute Gasteiger partial charge is 0.0146 e. The third-order valence-corrected chi connectivity index (χ3v) is 3.65. The Morgan fingerprint density at radius 2 is 1.27 bits per heavy atom. The molecule has 3 aliphatic carbocycles. The van der Waals surface area contributed by atoms with Crippen molar-refractivity contribution < 1.29 is 0 Å². The van der Waals surface area contributed by atoms with Gasteiger partial charge in [-0.05, 0) is 36.5 Å². The number of fused-ring (bicyclic) bond motifs is 3. The quantitative estimate of drug-likeness (QED) is 0.463. The van der Waals surface area contributed by atoms with Gasteiger partial charge in [0.05, 0.1) is 0 Å². The van der Waals surface area contributed by atoms with Crippen molar-refractivity contribution in [1.82, 2.24) is 0 Å². The molecule has 2 unspecified atom stereocenters. The fourth-order valence-corrected chi connectivity index (χ4v) is 2.45. The summed E-state index contributed by atoms with van der Waals surface area (Å²) in [7, 11) is 0. The summed E-state index contributed by atoms with van der Waals surface area (Å²) < 4.78 is 0. The molecule has 0 N–H and O–H groups in total. The van der Waals surface area contributed by atoms with E-state index in [0.717, 1.165) is 0 Å². The van der Waals surface area contributed by atoms with Gasteiger partial charge in [-0.1, -0.05) is 32.4 Å². The molecule has 3 rings (SSSR count). The van der Waals surface area contributed by atoms with Crippen molar-refractivity contribution in [2.45, 2.75) is 46.0 Å². The van der Waals surface area contributed by atoms with Crippen LogP contribution in [0.2, 0.25) is 0 Å². The van der Waals surface area contributed by atoms with Crippen LogP contribution in [0.1, 0.15) is 46.0 Å². The highest BCUT2D eigenvalue weighted by atomic mass is 14.4. The standard InChI is InChI=1S/C11H18/c1-10-4-3-5-11(2,8-6-10)9-7-10/h6,8H,3-5,7,9H2,1-2H3. The van der Waals surface area contributed by atoms with Gasteiger partial charge in [-0.3, -0.25) is 0 Å². The first kappa shape index (κ1) is 7.39. The van der Waals surface area contributed by atoms with E-state index in [4.69, 9.17) is 0 Å². The van der Waals surface area contributed by atoms with Gasteiger partial charge in [0.15, 0.2) is 0 Å². The zero-order valence-corrected chi connectivity index (χ0v) is 7.69. The summed E-state index contributed by atoms with van der Waals surface area (Å²) in [5.74, 6) is 0. The largest absolute Gasteiger partial charge is 0.0820 e. The monoisotopic (exact) mass is 150 g/mol. The molecule has 0 aromatic heterocycles. The van der Waals surface area contributed by atoms with Crippen molar-refractivity contribution in [2.24, 2.45) is 10.8 Å². The molecule has 3 aliphatic rings. The van der Waals surface area contributed by atoms with Gasteiger partial charge in [-0.2, -0.15) is 0 Å². The molecule has 0 radical (unpaired) electrons. The predicted octanol–water partition coefficient (Wildman–Crippen LogP) is 3.53. The summed E-state index contributed by atoms with van der Waals surface area (Å²) in [5.41, 5.74) is 1.13. The number of hydrogen-bond donors (Lipinski definition) is 0. The van der Waals surface area contributed by atoms with Gasteiger partial charge in [0.1, 0.15) is 0 Å². The average Bonchev–Trinajstić information content (AvgIpc) is 2.18. The van der Waals surface area contributed by atoms with Crippen molar-refractivity contribution in [3.8, 4) is 0 Å². The topological polar surface area (TPSA) is 0 Å². The molecule has 0 saturated heterocycles. The molecule has 2 bridgehead atoms. The highest BCUT2D eigenvalue weighted by molar-refractivity contribution is 5.11. The minimum absolute atomic E-state index is 0.565. The van der Waals surface area contributed by atoms with Crippen LogP contribution in [-0.2, 0) is 0 Å². The van der Waals surface area contributed by atoms with E-state index in [0.29, 0.717) is 10.8 Å². The van der Waals surface area contributed by atoms with Crippen molar-refractivity contribution in [3.63, 3.8) is 0 Å². The fraction of sp³-hybridized carbons (Fsp3) is 0.818. The van der Waals surface area contributed by atoms with Crippen molar-refractivity contribution in [3.05, 3.63) is 12.2 Å². The maximum Gasteiger partial charge on any atom is -0.0146 e. The highest BCUT2D eigenvalue weighted by Gasteiger charge is 2.35. The van der Waals surface area contributed by atoms with Gasteiger partial charge in [-0.15, -0.1) is 0 Å². The normalized spacial score (nSPS) is 49.3. The number of hydrogen-bond acceptors (Lipinski definition) is 0. The highest BCUT2D eigenvalue weighted by Crippen LogP contribution is 2.48. The third-order valence-electron chi connectivity index (χ3n) is 3.65. The predicted molar refractivity (Wildman–Crippen MR) is 48.4 cm³/mol. The van der Waals surface area contributed by atoms with Gasteiger partial charge < -0.3 is 0 Å². The average molecular weight is 150 g/mol. The third kappa shape index (κ3) is 1.23. The summed E-state index contributed by atoms with van der Waals surface area (Å²) in [6, 6.07) is 0. The SMILES string of the molecule is CC12C=CC(C)(CCC1)CC2. The maximum absolute atomic E-state index is 2.48. The Balaban J connectivity index is 2.30. The summed E-state index contributed by atoms with van der Waals surface area (Å²) in [6.45, 7) is 4.82. The van der Waals surface area contributed by atoms with Gasteiger partial charge in [0.2, 0.25) is 0 Å². The first-order valence-corrected chi connectivity index (χ1v) is 4.82. The lowest BCUT2D eigenvalue weighted by molar-refractivity contribution is 0.299. The van der Waals surface area contributed by atoms with Crippen molar-refractivity contribution in [2.75, 3.05) is 0 Å². The molecule has 0 spiro atoms.